The van der Waals surface area contributed by atoms with Crippen molar-refractivity contribution in [2.24, 2.45) is 5.73 Å². The summed E-state index contributed by atoms with van der Waals surface area (Å²) < 4.78 is 1.77. The van der Waals surface area contributed by atoms with Crippen molar-refractivity contribution in [3.05, 3.63) is 54.1 Å². The molecule has 0 radical (unpaired) electrons. The van der Waals surface area contributed by atoms with Gasteiger partial charge in [0.25, 0.3) is 5.91 Å². The van der Waals surface area contributed by atoms with E-state index in [1.807, 2.05) is 18.2 Å². The van der Waals surface area contributed by atoms with Crippen LogP contribution in [-0.2, 0) is 6.42 Å². The molecule has 0 saturated heterocycles. The molecule has 2 rings (SSSR count). The first kappa shape index (κ1) is 15.3. The Kier molecular flexibility index (Phi) is 5.11. The molecule has 1 heterocycles. The van der Waals surface area contributed by atoms with E-state index in [2.05, 4.69) is 17.1 Å². The molecule has 2 aromatic rings. The summed E-state index contributed by atoms with van der Waals surface area (Å²) in [5.41, 5.74) is 6.71. The minimum atomic E-state index is -0.553. The van der Waals surface area contributed by atoms with Gasteiger partial charge in [0, 0.05) is 6.20 Å². The Hall–Kier alpha value is -2.14. The Bertz CT molecular complexity index is 578. The van der Waals surface area contributed by atoms with Crippen molar-refractivity contribution in [2.75, 3.05) is 0 Å². The molecule has 0 saturated carbocycles. The normalized spacial score (nSPS) is 13.8. The number of hydrogen-bond donors (Lipinski definition) is 2. The lowest BCUT2D eigenvalue weighted by molar-refractivity contribution is 0.0994. The fourth-order valence-corrected chi connectivity index (χ4v) is 2.44. The van der Waals surface area contributed by atoms with Crippen LogP contribution in [0.3, 0.4) is 0 Å². The topological polar surface area (TPSA) is 81.1 Å². The zero-order valence-corrected chi connectivity index (χ0v) is 12.1. The van der Waals surface area contributed by atoms with Crippen molar-refractivity contribution in [3.8, 4) is 0 Å². The summed E-state index contributed by atoms with van der Waals surface area (Å²) in [7, 11) is 0. The first-order chi connectivity index (χ1) is 10.1. The Balaban J connectivity index is 1.97. The van der Waals surface area contributed by atoms with Gasteiger partial charge in [-0.25, -0.2) is 4.98 Å². The van der Waals surface area contributed by atoms with Gasteiger partial charge in [0.15, 0.2) is 0 Å². The van der Waals surface area contributed by atoms with E-state index >= 15 is 0 Å². The fourth-order valence-electron chi connectivity index (χ4n) is 2.44. The Morgan fingerprint density at radius 3 is 2.67 bits per heavy atom. The second-order valence-electron chi connectivity index (χ2n) is 5.26. The van der Waals surface area contributed by atoms with E-state index in [-0.39, 0.29) is 11.7 Å². The van der Waals surface area contributed by atoms with Gasteiger partial charge in [0.1, 0.15) is 5.69 Å². The standard InChI is InChI=1S/C16H21N3O2/c1-12(20)15(19-10-14(16(17)21)18-11-19)9-5-8-13-6-3-2-4-7-13/h2-4,6-7,10-12,15,20H,5,8-9H2,1H3,(H2,17,21)/t12-,15?/m0/s1. The number of aromatic nitrogens is 2. The monoisotopic (exact) mass is 287 g/mol. The second-order valence-corrected chi connectivity index (χ2v) is 5.26. The summed E-state index contributed by atoms with van der Waals surface area (Å²) in [4.78, 5) is 15.1. The molecule has 0 spiro atoms. The van der Waals surface area contributed by atoms with Crippen LogP contribution < -0.4 is 5.73 Å². The Morgan fingerprint density at radius 1 is 1.38 bits per heavy atom. The zero-order valence-electron chi connectivity index (χ0n) is 12.1. The maximum Gasteiger partial charge on any atom is 0.268 e. The van der Waals surface area contributed by atoms with E-state index in [1.165, 1.54) is 5.56 Å². The number of rotatable bonds is 7. The number of carbonyl (C=O) groups excluding carboxylic acids is 1. The van der Waals surface area contributed by atoms with Crippen LogP contribution in [0, 0.1) is 0 Å². The largest absolute Gasteiger partial charge is 0.391 e. The molecule has 1 unspecified atom stereocenters. The molecule has 5 heteroatoms. The van der Waals surface area contributed by atoms with Crippen LogP contribution in [0.2, 0.25) is 0 Å². The maximum absolute atomic E-state index is 11.1. The smallest absolute Gasteiger partial charge is 0.268 e. The molecule has 2 atom stereocenters. The summed E-state index contributed by atoms with van der Waals surface area (Å²) in [6.45, 7) is 1.75. The number of aliphatic hydroxyl groups is 1. The van der Waals surface area contributed by atoms with Crippen LogP contribution in [0.15, 0.2) is 42.9 Å². The summed E-state index contributed by atoms with van der Waals surface area (Å²) in [5.74, 6) is -0.553. The molecule has 3 N–H and O–H groups in total. The van der Waals surface area contributed by atoms with Crippen molar-refractivity contribution in [3.63, 3.8) is 0 Å². The van der Waals surface area contributed by atoms with Crippen LogP contribution >= 0.6 is 0 Å². The van der Waals surface area contributed by atoms with Gasteiger partial charge in [0.05, 0.1) is 18.5 Å². The second kappa shape index (κ2) is 7.04. The van der Waals surface area contributed by atoms with E-state index in [0.29, 0.717) is 0 Å². The summed E-state index contributed by atoms with van der Waals surface area (Å²) >= 11 is 0. The minimum absolute atomic E-state index is 0.102. The predicted molar refractivity (Wildman–Crippen MR) is 80.8 cm³/mol. The van der Waals surface area contributed by atoms with Crippen LogP contribution in [0.25, 0.3) is 0 Å². The Morgan fingerprint density at radius 2 is 2.10 bits per heavy atom. The molecule has 0 bridgehead atoms. The molecule has 0 aliphatic rings. The molecule has 21 heavy (non-hydrogen) atoms. The van der Waals surface area contributed by atoms with Gasteiger partial charge >= 0.3 is 0 Å². The maximum atomic E-state index is 11.1. The molecule has 0 aliphatic heterocycles. The van der Waals surface area contributed by atoms with Crippen LogP contribution in [-0.4, -0.2) is 26.7 Å². The number of primary amides is 1. The van der Waals surface area contributed by atoms with Crippen molar-refractivity contribution in [1.29, 1.82) is 0 Å². The van der Waals surface area contributed by atoms with E-state index < -0.39 is 12.0 Å². The number of nitrogens with zero attached hydrogens (tertiary/aromatic N) is 2. The quantitative estimate of drug-likeness (QED) is 0.816. The number of hydrogen-bond acceptors (Lipinski definition) is 3. The summed E-state index contributed by atoms with van der Waals surface area (Å²) in [6.07, 6.45) is 5.35. The van der Waals surface area contributed by atoms with Crippen LogP contribution in [0.5, 0.6) is 0 Å². The number of aryl methyl sites for hydroxylation is 1. The molecular formula is C16H21N3O2. The summed E-state index contributed by atoms with van der Waals surface area (Å²) in [6, 6.07) is 10.1. The fraction of sp³-hybridized carbons (Fsp3) is 0.375. The number of benzene rings is 1. The molecule has 0 aliphatic carbocycles. The zero-order chi connectivity index (χ0) is 15.2. The molecule has 1 aromatic carbocycles. The average molecular weight is 287 g/mol. The third kappa shape index (κ3) is 4.16. The molecule has 112 valence electrons. The highest BCUT2D eigenvalue weighted by molar-refractivity contribution is 5.90. The van der Waals surface area contributed by atoms with Gasteiger partial charge in [-0.2, -0.15) is 0 Å². The third-order valence-corrected chi connectivity index (χ3v) is 3.60. The van der Waals surface area contributed by atoms with E-state index in [0.717, 1.165) is 19.3 Å². The lowest BCUT2D eigenvalue weighted by Gasteiger charge is -2.21. The lowest BCUT2D eigenvalue weighted by Crippen LogP contribution is -2.21. The van der Waals surface area contributed by atoms with Crippen molar-refractivity contribution in [1.82, 2.24) is 9.55 Å². The van der Waals surface area contributed by atoms with Gasteiger partial charge in [-0.1, -0.05) is 30.3 Å². The third-order valence-electron chi connectivity index (χ3n) is 3.60. The number of imidazole rings is 1. The highest BCUT2D eigenvalue weighted by atomic mass is 16.3. The SMILES string of the molecule is C[C@H](O)C(CCCc1ccccc1)n1cnc(C(N)=O)c1. The number of amides is 1. The molecule has 1 aromatic heterocycles. The van der Waals surface area contributed by atoms with Gasteiger partial charge in [-0.15, -0.1) is 0 Å². The number of carbonyl (C=O) groups is 1. The number of aliphatic hydroxyl groups excluding tert-OH is 1. The molecule has 5 nitrogen and oxygen atoms in total. The highest BCUT2D eigenvalue weighted by Gasteiger charge is 2.18. The van der Waals surface area contributed by atoms with Gasteiger partial charge in [-0.3, -0.25) is 4.79 Å². The van der Waals surface area contributed by atoms with E-state index in [1.54, 1.807) is 24.0 Å². The van der Waals surface area contributed by atoms with Crippen LogP contribution in [0.1, 0.15) is 41.9 Å². The molecular weight excluding hydrogens is 266 g/mol. The molecule has 0 fully saturated rings. The van der Waals surface area contributed by atoms with E-state index in [9.17, 15) is 9.90 Å². The van der Waals surface area contributed by atoms with Gasteiger partial charge < -0.3 is 15.4 Å². The van der Waals surface area contributed by atoms with Crippen molar-refractivity contribution in [2.45, 2.75) is 38.3 Å². The van der Waals surface area contributed by atoms with Crippen molar-refractivity contribution >= 4 is 5.91 Å². The van der Waals surface area contributed by atoms with E-state index in [4.69, 9.17) is 5.73 Å². The Labute approximate surface area is 124 Å². The van der Waals surface area contributed by atoms with Crippen LogP contribution in [0.4, 0.5) is 0 Å². The molecule has 1 amide bonds. The predicted octanol–water partition coefficient (Wildman–Crippen LogP) is 1.93. The van der Waals surface area contributed by atoms with Crippen molar-refractivity contribution < 1.29 is 9.90 Å². The highest BCUT2D eigenvalue weighted by Crippen LogP contribution is 2.20. The lowest BCUT2D eigenvalue weighted by atomic mass is 10.0. The van der Waals surface area contributed by atoms with Gasteiger partial charge in [0.2, 0.25) is 0 Å². The van der Waals surface area contributed by atoms with Gasteiger partial charge in [-0.05, 0) is 31.7 Å². The summed E-state index contributed by atoms with van der Waals surface area (Å²) in [5, 5.41) is 9.95. The first-order valence-corrected chi connectivity index (χ1v) is 7.13. The first-order valence-electron chi connectivity index (χ1n) is 7.13. The minimum Gasteiger partial charge on any atom is -0.391 e. The number of nitrogens with two attached hydrogens (primary N) is 1. The average Bonchev–Trinajstić information content (AvgIpc) is 2.94.